The molecule has 0 atom stereocenters. The molecule has 260 valence electrons. The maximum Gasteiger partial charge on any atom is 0.102 e. The van der Waals surface area contributed by atoms with Crippen LogP contribution in [0.1, 0.15) is 194 Å². The zero-order valence-corrected chi connectivity index (χ0v) is 31.3. The molecule has 0 N–H and O–H groups in total. The van der Waals surface area contributed by atoms with Crippen LogP contribution in [0.2, 0.25) is 0 Å². The second-order valence-corrected chi connectivity index (χ2v) is 15.6. The van der Waals surface area contributed by atoms with Gasteiger partial charge in [-0.25, -0.2) is 0 Å². The van der Waals surface area contributed by atoms with E-state index in [-0.39, 0.29) is 0 Å². The van der Waals surface area contributed by atoms with Crippen LogP contribution in [-0.2, 0) is 4.74 Å². The number of nitrogens with zero attached hydrogens (tertiary/aromatic N) is 2. The Kier molecular flexibility index (Phi) is 31.8. The standard InChI is InChI=1S/C40H86N2O/c1-7-9-11-13-15-17-19-21-23-25-27-29-31-33-35-41(3,4)37-39-43-40-38-42(5,6)36-34-32-30-28-26-24-22-20-18-16-14-12-10-8-2/h7-40H2,1-6H3/q+2. The van der Waals surface area contributed by atoms with E-state index in [4.69, 9.17) is 4.74 Å². The van der Waals surface area contributed by atoms with Crippen molar-refractivity contribution in [1.29, 1.82) is 0 Å². The van der Waals surface area contributed by atoms with E-state index >= 15 is 0 Å². The lowest BCUT2D eigenvalue weighted by atomic mass is 10.0. The Morgan fingerprint density at radius 3 is 0.721 bits per heavy atom. The fraction of sp³-hybridized carbons (Fsp3) is 1.00. The summed E-state index contributed by atoms with van der Waals surface area (Å²) in [5.74, 6) is 0. The molecule has 0 saturated heterocycles. The van der Waals surface area contributed by atoms with Gasteiger partial charge >= 0.3 is 0 Å². The molecule has 0 bridgehead atoms. The largest absolute Gasteiger partial charge is 0.370 e. The summed E-state index contributed by atoms with van der Waals surface area (Å²) in [6.45, 7) is 11.3. The Bertz CT molecular complexity index is 487. The van der Waals surface area contributed by atoms with E-state index in [2.05, 4.69) is 42.0 Å². The maximum absolute atomic E-state index is 6.12. The monoisotopic (exact) mass is 611 g/mol. The van der Waals surface area contributed by atoms with Gasteiger partial charge in [0.25, 0.3) is 0 Å². The van der Waals surface area contributed by atoms with Crippen LogP contribution in [0.15, 0.2) is 0 Å². The van der Waals surface area contributed by atoms with Crippen LogP contribution in [0.4, 0.5) is 0 Å². The predicted octanol–water partition coefficient (Wildman–Crippen LogP) is 12.1. The molecule has 0 spiro atoms. The third-order valence-corrected chi connectivity index (χ3v) is 9.92. The minimum Gasteiger partial charge on any atom is -0.370 e. The SMILES string of the molecule is CCCCCCCCCCCCCCCC[N+](C)(C)CCOCC[N+](C)(C)CCCCCCCCCCCCCCCC. The molecule has 0 saturated carbocycles. The molecule has 0 rings (SSSR count). The Morgan fingerprint density at radius 1 is 0.279 bits per heavy atom. The summed E-state index contributed by atoms with van der Waals surface area (Å²) >= 11 is 0. The van der Waals surface area contributed by atoms with Crippen molar-refractivity contribution in [3.63, 3.8) is 0 Å². The van der Waals surface area contributed by atoms with Crippen molar-refractivity contribution in [2.45, 2.75) is 194 Å². The van der Waals surface area contributed by atoms with Gasteiger partial charge in [-0.1, -0.05) is 168 Å². The maximum atomic E-state index is 6.12. The Balaban J connectivity index is 3.49. The molecule has 0 aromatic rings. The summed E-state index contributed by atoms with van der Waals surface area (Å²) in [4.78, 5) is 0. The van der Waals surface area contributed by atoms with E-state index in [1.807, 2.05) is 0 Å². The van der Waals surface area contributed by atoms with E-state index in [9.17, 15) is 0 Å². The van der Waals surface area contributed by atoms with E-state index < -0.39 is 0 Å². The molecule has 0 radical (unpaired) electrons. The lowest BCUT2D eigenvalue weighted by Crippen LogP contribution is -2.45. The van der Waals surface area contributed by atoms with Crippen LogP contribution in [0.5, 0.6) is 0 Å². The van der Waals surface area contributed by atoms with Crippen LogP contribution in [0.25, 0.3) is 0 Å². The number of unbranched alkanes of at least 4 members (excludes halogenated alkanes) is 26. The molecule has 3 nitrogen and oxygen atoms in total. The van der Waals surface area contributed by atoms with Crippen LogP contribution in [0.3, 0.4) is 0 Å². The minimum atomic E-state index is 0.907. The highest BCUT2D eigenvalue weighted by atomic mass is 16.5. The van der Waals surface area contributed by atoms with Gasteiger partial charge in [-0.3, -0.25) is 0 Å². The molecular formula is C40H86N2O+2. The van der Waals surface area contributed by atoms with Gasteiger partial charge in [0.15, 0.2) is 0 Å². The molecular weight excluding hydrogens is 524 g/mol. The second-order valence-electron chi connectivity index (χ2n) is 15.6. The van der Waals surface area contributed by atoms with E-state index in [1.165, 1.54) is 193 Å². The molecule has 0 fully saturated rings. The number of hydrogen-bond acceptors (Lipinski definition) is 1. The summed E-state index contributed by atoms with van der Waals surface area (Å²) in [6, 6.07) is 0. The number of rotatable bonds is 36. The van der Waals surface area contributed by atoms with E-state index in [0.717, 1.165) is 35.3 Å². The highest BCUT2D eigenvalue weighted by molar-refractivity contribution is 4.51. The quantitative estimate of drug-likeness (QED) is 0.0506. The molecule has 0 aliphatic rings. The highest BCUT2D eigenvalue weighted by Gasteiger charge is 2.16. The third kappa shape index (κ3) is 34.6. The smallest absolute Gasteiger partial charge is 0.102 e. The summed E-state index contributed by atoms with van der Waals surface area (Å²) in [6.07, 6.45) is 40.3. The van der Waals surface area contributed by atoms with Crippen LogP contribution < -0.4 is 0 Å². The first-order chi connectivity index (χ1) is 20.8. The average molecular weight is 611 g/mol. The predicted molar refractivity (Wildman–Crippen MR) is 195 cm³/mol. The molecule has 0 amide bonds. The number of quaternary nitrogens is 2. The van der Waals surface area contributed by atoms with Crippen molar-refractivity contribution in [1.82, 2.24) is 0 Å². The summed E-state index contributed by atoms with van der Waals surface area (Å²) < 4.78 is 8.34. The van der Waals surface area contributed by atoms with Crippen molar-refractivity contribution in [3.05, 3.63) is 0 Å². The average Bonchev–Trinajstić information content (AvgIpc) is 2.97. The minimum absolute atomic E-state index is 0.907. The van der Waals surface area contributed by atoms with Crippen molar-refractivity contribution in [3.8, 4) is 0 Å². The number of ether oxygens (including phenoxy) is 1. The van der Waals surface area contributed by atoms with Gasteiger partial charge in [-0.2, -0.15) is 0 Å². The van der Waals surface area contributed by atoms with Crippen LogP contribution in [0, 0.1) is 0 Å². The first kappa shape index (κ1) is 42.9. The second kappa shape index (κ2) is 31.8. The topological polar surface area (TPSA) is 9.23 Å². The lowest BCUT2D eigenvalue weighted by molar-refractivity contribution is -0.894. The number of likely N-dealkylation sites (N-methyl/N-ethyl adjacent to an activating group) is 2. The summed E-state index contributed by atoms with van der Waals surface area (Å²) in [5.41, 5.74) is 0. The molecule has 0 aromatic carbocycles. The third-order valence-electron chi connectivity index (χ3n) is 9.92. The van der Waals surface area contributed by atoms with E-state index in [0.29, 0.717) is 0 Å². The van der Waals surface area contributed by atoms with Crippen molar-refractivity contribution in [2.24, 2.45) is 0 Å². The molecule has 0 aliphatic carbocycles. The van der Waals surface area contributed by atoms with Crippen molar-refractivity contribution < 1.29 is 13.7 Å². The van der Waals surface area contributed by atoms with Crippen molar-refractivity contribution >= 4 is 0 Å². The van der Waals surface area contributed by atoms with Crippen LogP contribution >= 0.6 is 0 Å². The molecule has 43 heavy (non-hydrogen) atoms. The fourth-order valence-corrected chi connectivity index (χ4v) is 6.42. The normalized spacial score (nSPS) is 12.4. The van der Waals surface area contributed by atoms with Gasteiger partial charge in [-0.15, -0.1) is 0 Å². The zero-order valence-electron chi connectivity index (χ0n) is 31.3. The lowest BCUT2D eigenvalue weighted by Gasteiger charge is -2.31. The summed E-state index contributed by atoms with van der Waals surface area (Å²) in [7, 11) is 9.56. The molecule has 0 unspecified atom stereocenters. The fourth-order valence-electron chi connectivity index (χ4n) is 6.42. The Morgan fingerprint density at radius 2 is 0.488 bits per heavy atom. The first-order valence-electron chi connectivity index (χ1n) is 20.0. The molecule has 3 heteroatoms. The molecule has 0 aromatic heterocycles. The first-order valence-corrected chi connectivity index (χ1v) is 20.0. The highest BCUT2D eigenvalue weighted by Crippen LogP contribution is 2.15. The van der Waals surface area contributed by atoms with E-state index in [1.54, 1.807) is 0 Å². The zero-order chi connectivity index (χ0) is 31.7. The molecule has 0 aliphatic heterocycles. The van der Waals surface area contributed by atoms with Crippen LogP contribution in [-0.4, -0.2) is 76.5 Å². The van der Waals surface area contributed by atoms with Gasteiger partial charge in [0, 0.05) is 0 Å². The van der Waals surface area contributed by atoms with Gasteiger partial charge < -0.3 is 13.7 Å². The van der Waals surface area contributed by atoms with Gasteiger partial charge in [0.2, 0.25) is 0 Å². The Labute approximate surface area is 274 Å². The van der Waals surface area contributed by atoms with Gasteiger partial charge in [0.05, 0.1) is 54.5 Å². The summed E-state index contributed by atoms with van der Waals surface area (Å²) in [5, 5.41) is 0. The number of hydrogen-bond donors (Lipinski definition) is 0. The van der Waals surface area contributed by atoms with Gasteiger partial charge in [0.1, 0.15) is 13.1 Å². The van der Waals surface area contributed by atoms with Gasteiger partial charge in [-0.05, 0) is 25.7 Å². The Hall–Kier alpha value is -0.120. The van der Waals surface area contributed by atoms with Crippen molar-refractivity contribution in [2.75, 3.05) is 67.6 Å². The molecule has 0 heterocycles.